The topological polar surface area (TPSA) is 34.1 Å². The number of benzene rings is 2. The van der Waals surface area contributed by atoms with Crippen LogP contribution in [0.15, 0.2) is 53.6 Å². The van der Waals surface area contributed by atoms with E-state index in [0.717, 1.165) is 41.3 Å². The van der Waals surface area contributed by atoms with Gasteiger partial charge in [0.2, 0.25) is 5.72 Å². The van der Waals surface area contributed by atoms with Crippen molar-refractivity contribution in [3.8, 4) is 5.75 Å². The third-order valence-corrected chi connectivity index (χ3v) is 6.02. The monoisotopic (exact) mass is 382 g/mol. The summed E-state index contributed by atoms with van der Waals surface area (Å²) in [5.41, 5.74) is 2.70. The van der Waals surface area contributed by atoms with Gasteiger partial charge >= 0.3 is 0 Å². The van der Waals surface area contributed by atoms with Gasteiger partial charge in [-0.15, -0.1) is 0 Å². The van der Waals surface area contributed by atoms with E-state index in [1.165, 1.54) is 5.56 Å². The van der Waals surface area contributed by atoms with Crippen LogP contribution in [0.5, 0.6) is 5.75 Å². The molecule has 0 radical (unpaired) electrons. The number of halogens is 1. The van der Waals surface area contributed by atoms with Crippen molar-refractivity contribution in [3.63, 3.8) is 0 Å². The number of hydrogen-bond acceptors (Lipinski definition) is 4. The number of hydrogen-bond donors (Lipinski definition) is 0. The highest BCUT2D eigenvalue weighted by Crippen LogP contribution is 2.51. The summed E-state index contributed by atoms with van der Waals surface area (Å²) in [6, 6.07) is 16.5. The first-order chi connectivity index (χ1) is 13.0. The van der Waals surface area contributed by atoms with Gasteiger partial charge in [0, 0.05) is 29.8 Å². The molecule has 0 aliphatic carbocycles. The van der Waals surface area contributed by atoms with Crippen molar-refractivity contribution in [2.45, 2.75) is 50.5 Å². The van der Waals surface area contributed by atoms with Gasteiger partial charge in [0.05, 0.1) is 24.0 Å². The first kappa shape index (κ1) is 17.1. The zero-order valence-electron chi connectivity index (χ0n) is 15.6. The molecule has 0 saturated carbocycles. The predicted molar refractivity (Wildman–Crippen MR) is 106 cm³/mol. The van der Waals surface area contributed by atoms with E-state index in [1.54, 1.807) is 0 Å². The van der Waals surface area contributed by atoms with Crippen LogP contribution in [0.25, 0.3) is 0 Å². The zero-order chi connectivity index (χ0) is 18.6. The molecule has 1 fully saturated rings. The third-order valence-electron chi connectivity index (χ3n) is 5.77. The molecule has 27 heavy (non-hydrogen) atoms. The van der Waals surface area contributed by atoms with Crippen molar-refractivity contribution < 1.29 is 9.47 Å². The first-order valence-corrected chi connectivity index (χ1v) is 9.88. The quantitative estimate of drug-likeness (QED) is 0.682. The van der Waals surface area contributed by atoms with Crippen LogP contribution in [-0.4, -0.2) is 28.7 Å². The van der Waals surface area contributed by atoms with Crippen molar-refractivity contribution in [1.29, 1.82) is 0 Å². The molecule has 2 aromatic carbocycles. The summed E-state index contributed by atoms with van der Waals surface area (Å²) in [5.74, 6) is 0.976. The molecule has 5 rings (SSSR count). The molecule has 0 aromatic heterocycles. The number of rotatable bonds is 1. The Morgan fingerprint density at radius 2 is 1.89 bits per heavy atom. The minimum Gasteiger partial charge on any atom is -0.466 e. The van der Waals surface area contributed by atoms with E-state index < -0.39 is 5.72 Å². The second-order valence-corrected chi connectivity index (χ2v) is 8.68. The molecule has 1 spiro atoms. The lowest BCUT2D eigenvalue weighted by Crippen LogP contribution is -2.60. The molecule has 2 atom stereocenters. The molecule has 3 aliphatic rings. The van der Waals surface area contributed by atoms with Gasteiger partial charge in [0.1, 0.15) is 5.75 Å². The summed E-state index contributed by atoms with van der Waals surface area (Å²) in [7, 11) is 0. The molecular formula is C22H23ClN2O2. The fourth-order valence-electron chi connectivity index (χ4n) is 4.62. The highest BCUT2D eigenvalue weighted by Gasteiger charge is 2.54. The van der Waals surface area contributed by atoms with E-state index in [0.29, 0.717) is 6.61 Å². The first-order valence-electron chi connectivity index (χ1n) is 9.51. The largest absolute Gasteiger partial charge is 0.466 e. The third kappa shape index (κ3) is 2.82. The van der Waals surface area contributed by atoms with Crippen LogP contribution in [0, 0.1) is 0 Å². The van der Waals surface area contributed by atoms with E-state index >= 15 is 0 Å². The fraction of sp³-hybridized carbons (Fsp3) is 0.409. The van der Waals surface area contributed by atoms with Crippen molar-refractivity contribution in [3.05, 3.63) is 64.7 Å². The average molecular weight is 383 g/mol. The molecule has 3 heterocycles. The Hall–Kier alpha value is -2.04. The minimum absolute atomic E-state index is 0.189. The summed E-state index contributed by atoms with van der Waals surface area (Å²) in [4.78, 5) is 0. The molecule has 5 heteroatoms. The molecule has 0 bridgehead atoms. The fourth-order valence-corrected chi connectivity index (χ4v) is 4.75. The van der Waals surface area contributed by atoms with Crippen LogP contribution in [0.3, 0.4) is 0 Å². The Bertz CT molecular complexity index is 909. The smallest absolute Gasteiger partial charge is 0.203 e. The summed E-state index contributed by atoms with van der Waals surface area (Å²) in [6.45, 7) is 4.93. The Balaban J connectivity index is 1.60. The molecule has 3 aliphatic heterocycles. The molecule has 2 aromatic rings. The molecule has 0 unspecified atom stereocenters. The van der Waals surface area contributed by atoms with Gasteiger partial charge in [0.25, 0.3) is 0 Å². The van der Waals surface area contributed by atoms with Gasteiger partial charge in [-0.3, -0.25) is 0 Å². The Kier molecular flexibility index (Phi) is 3.78. The maximum Gasteiger partial charge on any atom is 0.203 e. The van der Waals surface area contributed by atoms with Crippen molar-refractivity contribution in [2.24, 2.45) is 5.10 Å². The average Bonchev–Trinajstić information content (AvgIpc) is 3.08. The van der Waals surface area contributed by atoms with Crippen LogP contribution >= 0.6 is 11.6 Å². The van der Waals surface area contributed by atoms with Crippen molar-refractivity contribution >= 4 is 17.3 Å². The summed E-state index contributed by atoms with van der Waals surface area (Å²) < 4.78 is 12.6. The summed E-state index contributed by atoms with van der Waals surface area (Å²) in [5, 5.41) is 8.03. The Morgan fingerprint density at radius 3 is 2.67 bits per heavy atom. The standard InChI is InChI=1S/C22H23ClN2O2/c1-21(2)14-22(11-12-26-21)25-19(17-5-3-4-6-20(17)27-22)13-18(24-25)15-7-9-16(23)10-8-15/h3-10,19H,11-14H2,1-2H3/t19-,22+/m1/s1. The summed E-state index contributed by atoms with van der Waals surface area (Å²) in [6.07, 6.45) is 2.45. The van der Waals surface area contributed by atoms with E-state index in [-0.39, 0.29) is 11.6 Å². The van der Waals surface area contributed by atoms with Gasteiger partial charge < -0.3 is 9.47 Å². The Morgan fingerprint density at radius 1 is 1.11 bits per heavy atom. The van der Waals surface area contributed by atoms with Crippen LogP contribution in [0.1, 0.15) is 50.3 Å². The molecule has 0 amide bonds. The van der Waals surface area contributed by atoms with Crippen molar-refractivity contribution in [2.75, 3.05) is 6.61 Å². The van der Waals surface area contributed by atoms with Gasteiger partial charge in [-0.2, -0.15) is 5.10 Å². The number of hydrazone groups is 1. The predicted octanol–water partition coefficient (Wildman–Crippen LogP) is 5.17. The number of nitrogens with zero attached hydrogens (tertiary/aromatic N) is 2. The maximum absolute atomic E-state index is 6.63. The lowest BCUT2D eigenvalue weighted by atomic mass is 9.86. The van der Waals surface area contributed by atoms with Crippen LogP contribution in [0.2, 0.25) is 5.02 Å². The molecular weight excluding hydrogens is 360 g/mol. The number of fused-ring (bicyclic) bond motifs is 4. The molecule has 1 saturated heterocycles. The second-order valence-electron chi connectivity index (χ2n) is 8.24. The van der Waals surface area contributed by atoms with E-state index in [4.69, 9.17) is 26.2 Å². The number of para-hydroxylation sites is 1. The van der Waals surface area contributed by atoms with E-state index in [2.05, 4.69) is 37.1 Å². The van der Waals surface area contributed by atoms with Crippen LogP contribution in [0.4, 0.5) is 0 Å². The zero-order valence-corrected chi connectivity index (χ0v) is 16.4. The van der Waals surface area contributed by atoms with Gasteiger partial charge in [-0.1, -0.05) is 41.9 Å². The second kappa shape index (κ2) is 5.98. The lowest BCUT2D eigenvalue weighted by molar-refractivity contribution is -0.212. The highest BCUT2D eigenvalue weighted by atomic mass is 35.5. The maximum atomic E-state index is 6.63. The van der Waals surface area contributed by atoms with E-state index in [9.17, 15) is 0 Å². The molecule has 0 N–H and O–H groups in total. The summed E-state index contributed by atoms with van der Waals surface area (Å²) >= 11 is 6.07. The van der Waals surface area contributed by atoms with Crippen LogP contribution in [-0.2, 0) is 4.74 Å². The highest BCUT2D eigenvalue weighted by molar-refractivity contribution is 6.30. The van der Waals surface area contributed by atoms with Gasteiger partial charge in [0.15, 0.2) is 0 Å². The van der Waals surface area contributed by atoms with E-state index in [1.807, 2.05) is 30.3 Å². The van der Waals surface area contributed by atoms with Crippen LogP contribution < -0.4 is 4.74 Å². The van der Waals surface area contributed by atoms with Gasteiger partial charge in [-0.25, -0.2) is 5.01 Å². The molecule has 140 valence electrons. The molecule has 4 nitrogen and oxygen atoms in total. The SMILES string of the molecule is CC1(C)C[C@]2(CCO1)Oc1ccccc1[C@H]1CC(c3ccc(Cl)cc3)=NN12. The van der Waals surface area contributed by atoms with Crippen molar-refractivity contribution in [1.82, 2.24) is 5.01 Å². The van der Waals surface area contributed by atoms with Gasteiger partial charge in [-0.05, 0) is 37.6 Å². The minimum atomic E-state index is -0.463. The Labute approximate surface area is 164 Å². The number of ether oxygens (including phenoxy) is 2. The lowest BCUT2D eigenvalue weighted by Gasteiger charge is -2.52. The normalized spacial score (nSPS) is 28.3.